The van der Waals surface area contributed by atoms with E-state index in [9.17, 15) is 9.18 Å². The van der Waals surface area contributed by atoms with E-state index in [1.807, 2.05) is 0 Å². The Bertz CT molecular complexity index is 1080. The maximum atomic E-state index is 13.5. The molecule has 1 aromatic carbocycles. The Labute approximate surface area is 180 Å². The summed E-state index contributed by atoms with van der Waals surface area (Å²) in [4.78, 5) is 22.2. The smallest absolute Gasteiger partial charge is 0.335 e. The van der Waals surface area contributed by atoms with Crippen molar-refractivity contribution in [1.82, 2.24) is 19.1 Å². The fourth-order valence-corrected chi connectivity index (χ4v) is 4.02. The van der Waals surface area contributed by atoms with Gasteiger partial charge in [-0.2, -0.15) is 0 Å². The van der Waals surface area contributed by atoms with Gasteiger partial charge in [0.1, 0.15) is 12.0 Å². The number of nitrogens with zero attached hydrogens (tertiary/aromatic N) is 4. The molecule has 0 bridgehead atoms. The van der Waals surface area contributed by atoms with E-state index in [4.69, 9.17) is 4.74 Å². The van der Waals surface area contributed by atoms with Crippen molar-refractivity contribution in [3.8, 4) is 17.1 Å². The molecule has 31 heavy (non-hydrogen) atoms. The van der Waals surface area contributed by atoms with Crippen LogP contribution in [0.1, 0.15) is 45.8 Å². The Morgan fingerprint density at radius 1 is 1.16 bits per heavy atom. The second kappa shape index (κ2) is 9.01. The highest BCUT2D eigenvalue weighted by Gasteiger charge is 2.21. The number of hydrogen-bond acceptors (Lipinski definition) is 5. The van der Waals surface area contributed by atoms with Crippen LogP contribution in [0, 0.1) is 11.7 Å². The summed E-state index contributed by atoms with van der Waals surface area (Å²) in [6.45, 7) is 4.07. The molecule has 0 saturated heterocycles. The first-order valence-corrected chi connectivity index (χ1v) is 10.7. The largest absolute Gasteiger partial charge is 0.361 e. The molecule has 7 nitrogen and oxygen atoms in total. The third kappa shape index (κ3) is 4.54. The molecule has 1 saturated carbocycles. The highest BCUT2D eigenvalue weighted by Crippen LogP contribution is 2.26. The van der Waals surface area contributed by atoms with Crippen molar-refractivity contribution in [3.05, 3.63) is 59.0 Å². The van der Waals surface area contributed by atoms with Crippen LogP contribution in [0.5, 0.6) is 0 Å². The average molecular weight is 426 g/mol. The number of benzene rings is 1. The number of aromatic nitrogens is 4. The van der Waals surface area contributed by atoms with Gasteiger partial charge in [-0.25, -0.2) is 19.2 Å². The van der Waals surface area contributed by atoms with Crippen LogP contribution >= 0.6 is 0 Å². The molecule has 4 rings (SSSR count). The predicted octanol–water partition coefficient (Wildman–Crippen LogP) is 4.39. The summed E-state index contributed by atoms with van der Waals surface area (Å²) < 4.78 is 21.8. The number of nitrogens with one attached hydrogen (secondary N) is 1. The molecular weight excluding hydrogens is 397 g/mol. The molecule has 1 fully saturated rings. The predicted molar refractivity (Wildman–Crippen MR) is 118 cm³/mol. The van der Waals surface area contributed by atoms with Crippen LogP contribution in [0.2, 0.25) is 0 Å². The third-order valence-corrected chi connectivity index (χ3v) is 6.00. The number of ether oxygens (including phenoxy) is 1. The number of imidazole rings is 1. The molecule has 3 aromatic rings. The molecule has 164 valence electrons. The van der Waals surface area contributed by atoms with Crippen LogP contribution in [0.25, 0.3) is 17.1 Å². The number of rotatable bonds is 6. The maximum Gasteiger partial charge on any atom is 0.335 e. The van der Waals surface area contributed by atoms with E-state index in [1.54, 1.807) is 44.6 Å². The van der Waals surface area contributed by atoms with Gasteiger partial charge in [0.15, 0.2) is 0 Å². The molecule has 1 unspecified atom stereocenters. The van der Waals surface area contributed by atoms with E-state index in [1.165, 1.54) is 34.1 Å². The van der Waals surface area contributed by atoms with Gasteiger partial charge < -0.3 is 10.1 Å². The average Bonchev–Trinajstić information content (AvgIpc) is 3.13. The number of methoxy groups -OCH3 is 1. The minimum absolute atomic E-state index is 0.287. The van der Waals surface area contributed by atoms with E-state index in [2.05, 4.69) is 22.2 Å². The van der Waals surface area contributed by atoms with Crippen molar-refractivity contribution in [2.75, 3.05) is 12.4 Å². The lowest BCUT2D eigenvalue weighted by Crippen LogP contribution is -2.26. The highest BCUT2D eigenvalue weighted by molar-refractivity contribution is 5.59. The fraction of sp³-hybridized carbons (Fsp3) is 0.435. The molecule has 0 amide bonds. The normalized spacial score (nSPS) is 19.9. The quantitative estimate of drug-likeness (QED) is 0.634. The summed E-state index contributed by atoms with van der Waals surface area (Å²) in [5, 5.41) is 3.44. The summed E-state index contributed by atoms with van der Waals surface area (Å²) in [5.41, 5.74) is 1.46. The number of hydrogen-bond donors (Lipinski definition) is 1. The second-order valence-electron chi connectivity index (χ2n) is 8.22. The van der Waals surface area contributed by atoms with Gasteiger partial charge in [-0.3, -0.25) is 9.13 Å². The van der Waals surface area contributed by atoms with Gasteiger partial charge in [0, 0.05) is 25.5 Å². The lowest BCUT2D eigenvalue weighted by atomic mass is 9.87. The van der Waals surface area contributed by atoms with Crippen molar-refractivity contribution in [2.45, 2.75) is 51.8 Å². The summed E-state index contributed by atoms with van der Waals surface area (Å²) in [5.74, 6) is 0.944. The Balaban J connectivity index is 1.73. The Hall–Kier alpha value is -3.00. The zero-order valence-corrected chi connectivity index (χ0v) is 18.1. The summed E-state index contributed by atoms with van der Waals surface area (Å²) in [6, 6.07) is 7.94. The van der Waals surface area contributed by atoms with Gasteiger partial charge in [-0.1, -0.05) is 6.92 Å². The summed E-state index contributed by atoms with van der Waals surface area (Å²) >= 11 is 0. The molecule has 0 aliphatic heterocycles. The lowest BCUT2D eigenvalue weighted by Gasteiger charge is -2.26. The van der Waals surface area contributed by atoms with Crippen molar-refractivity contribution < 1.29 is 9.13 Å². The van der Waals surface area contributed by atoms with Crippen LogP contribution in [-0.4, -0.2) is 32.3 Å². The summed E-state index contributed by atoms with van der Waals surface area (Å²) in [7, 11) is 1.55. The zero-order chi connectivity index (χ0) is 22.0. The van der Waals surface area contributed by atoms with Crippen LogP contribution in [0.4, 0.5) is 10.3 Å². The van der Waals surface area contributed by atoms with E-state index >= 15 is 0 Å². The van der Waals surface area contributed by atoms with Crippen LogP contribution in [-0.2, 0) is 4.74 Å². The first kappa shape index (κ1) is 21.2. The topological polar surface area (TPSA) is 74.0 Å². The van der Waals surface area contributed by atoms with Gasteiger partial charge >= 0.3 is 5.69 Å². The Morgan fingerprint density at radius 3 is 2.55 bits per heavy atom. The van der Waals surface area contributed by atoms with Gasteiger partial charge in [0.2, 0.25) is 5.95 Å². The number of anilines is 1. The minimum Gasteiger partial charge on any atom is -0.361 e. The van der Waals surface area contributed by atoms with E-state index in [-0.39, 0.29) is 11.5 Å². The van der Waals surface area contributed by atoms with E-state index in [0.717, 1.165) is 18.8 Å². The van der Waals surface area contributed by atoms with Gasteiger partial charge in [0.25, 0.3) is 0 Å². The second-order valence-corrected chi connectivity index (χ2v) is 8.22. The molecule has 2 heterocycles. The molecule has 0 radical (unpaired) electrons. The third-order valence-electron chi connectivity index (χ3n) is 6.00. The maximum absolute atomic E-state index is 13.5. The molecule has 1 aliphatic rings. The SMILES string of the molecule is COC(C)n1cc(-c2ccnc(N[C@H]3CC[C@H](C)CC3)n2)n(-c2ccc(F)cc2)c1=O. The standard InChI is InChI=1S/C23H28FN5O2/c1-15-4-8-18(9-5-15)26-22-25-13-12-20(27-22)21-14-28(16(2)31-3)23(30)29(21)19-10-6-17(24)7-11-19/h6-7,10-16,18H,4-5,8-9H2,1-3H3,(H,25,26,27)/t15-,16?,18-. The van der Waals surface area contributed by atoms with Crippen molar-refractivity contribution in [3.63, 3.8) is 0 Å². The van der Waals surface area contributed by atoms with Crippen molar-refractivity contribution in [1.29, 1.82) is 0 Å². The van der Waals surface area contributed by atoms with E-state index in [0.29, 0.717) is 29.1 Å². The van der Waals surface area contributed by atoms with Crippen LogP contribution in [0.3, 0.4) is 0 Å². The first-order valence-electron chi connectivity index (χ1n) is 10.7. The minimum atomic E-state index is -0.461. The van der Waals surface area contributed by atoms with Gasteiger partial charge in [-0.05, 0) is 68.9 Å². The Kier molecular flexibility index (Phi) is 6.18. The molecule has 1 atom stereocenters. The van der Waals surface area contributed by atoms with E-state index < -0.39 is 6.23 Å². The van der Waals surface area contributed by atoms with Crippen LogP contribution < -0.4 is 11.0 Å². The molecule has 1 N–H and O–H groups in total. The Morgan fingerprint density at radius 2 is 1.87 bits per heavy atom. The van der Waals surface area contributed by atoms with Gasteiger partial charge in [-0.15, -0.1) is 0 Å². The van der Waals surface area contributed by atoms with Gasteiger partial charge in [0.05, 0.1) is 17.1 Å². The number of halogens is 1. The van der Waals surface area contributed by atoms with Crippen molar-refractivity contribution in [2.24, 2.45) is 5.92 Å². The molecule has 8 heteroatoms. The molecular formula is C23H28FN5O2. The molecule has 2 aromatic heterocycles. The summed E-state index contributed by atoms with van der Waals surface area (Å²) in [6.07, 6.45) is 7.52. The highest BCUT2D eigenvalue weighted by atomic mass is 19.1. The monoisotopic (exact) mass is 425 g/mol. The lowest BCUT2D eigenvalue weighted by molar-refractivity contribution is 0.0575. The fourth-order valence-electron chi connectivity index (χ4n) is 4.02. The molecule has 0 spiro atoms. The molecule has 1 aliphatic carbocycles. The zero-order valence-electron chi connectivity index (χ0n) is 18.1. The van der Waals surface area contributed by atoms with Crippen LogP contribution in [0.15, 0.2) is 47.5 Å². The van der Waals surface area contributed by atoms with Crippen molar-refractivity contribution >= 4 is 5.95 Å². The first-order chi connectivity index (χ1) is 15.0.